The number of nitrogens with zero attached hydrogens (tertiary/aromatic N) is 6. The maximum absolute atomic E-state index is 4.96. The van der Waals surface area contributed by atoms with Crippen LogP contribution in [0.5, 0.6) is 0 Å². The number of aromatic nitrogens is 2. The monoisotopic (exact) mass is 563 g/mol. The average molecular weight is 564 g/mol. The highest BCUT2D eigenvalue weighted by Gasteiger charge is 2.25. The fraction of sp³-hybridized carbons (Fsp3) is 0.560. The first-order valence-corrected chi connectivity index (χ1v) is 12.1. The van der Waals surface area contributed by atoms with Crippen LogP contribution in [-0.4, -0.2) is 84.6 Å². The van der Waals surface area contributed by atoms with E-state index in [1.54, 1.807) is 0 Å². The van der Waals surface area contributed by atoms with Gasteiger partial charge in [0, 0.05) is 71.3 Å². The summed E-state index contributed by atoms with van der Waals surface area (Å²) in [6.07, 6.45) is 7.14. The third-order valence-corrected chi connectivity index (χ3v) is 6.39. The Hall–Kier alpha value is -1.94. The fourth-order valence-corrected chi connectivity index (χ4v) is 4.67. The van der Waals surface area contributed by atoms with Crippen LogP contribution in [-0.2, 0) is 6.42 Å². The van der Waals surface area contributed by atoms with Crippen molar-refractivity contribution in [2.45, 2.75) is 26.2 Å². The number of hydrogen-bond donors (Lipinski definition) is 1. The lowest BCUT2D eigenvalue weighted by molar-refractivity contribution is 0.255. The predicted molar refractivity (Wildman–Crippen MR) is 147 cm³/mol. The average Bonchev–Trinajstić information content (AvgIpc) is 3.31. The van der Waals surface area contributed by atoms with E-state index in [4.69, 9.17) is 4.99 Å². The lowest BCUT2D eigenvalue weighted by atomic mass is 9.99. The number of anilines is 1. The van der Waals surface area contributed by atoms with Gasteiger partial charge in [0.05, 0.1) is 0 Å². The van der Waals surface area contributed by atoms with E-state index in [2.05, 4.69) is 67.2 Å². The minimum Gasteiger partial charge on any atom is -0.357 e. The number of halogens is 1. The summed E-state index contributed by atoms with van der Waals surface area (Å²) in [4.78, 5) is 21.0. The highest BCUT2D eigenvalue weighted by atomic mass is 127. The fourth-order valence-electron chi connectivity index (χ4n) is 4.67. The minimum absolute atomic E-state index is 0. The molecule has 0 amide bonds. The lowest BCUT2D eigenvalue weighted by Gasteiger charge is -2.34. The molecule has 1 atom stereocenters. The van der Waals surface area contributed by atoms with Crippen LogP contribution in [0.25, 0.3) is 0 Å². The molecule has 33 heavy (non-hydrogen) atoms. The Morgan fingerprint density at radius 1 is 1.03 bits per heavy atom. The summed E-state index contributed by atoms with van der Waals surface area (Å²) in [5, 5.41) is 3.51. The molecule has 0 bridgehead atoms. The molecule has 180 valence electrons. The second kappa shape index (κ2) is 13.7. The quantitative estimate of drug-likeness (QED) is 0.231. The van der Waals surface area contributed by atoms with Gasteiger partial charge in [-0.1, -0.05) is 30.3 Å². The van der Waals surface area contributed by atoms with Gasteiger partial charge in [0.25, 0.3) is 0 Å². The van der Waals surface area contributed by atoms with Gasteiger partial charge in [-0.3, -0.25) is 9.89 Å². The van der Waals surface area contributed by atoms with Crippen molar-refractivity contribution in [3.05, 3.63) is 54.4 Å². The molecule has 2 fully saturated rings. The molecular formula is C25H38IN7. The second-order valence-electron chi connectivity index (χ2n) is 8.76. The van der Waals surface area contributed by atoms with Crippen molar-refractivity contribution >= 4 is 35.9 Å². The Kier molecular flexibility index (Phi) is 10.7. The van der Waals surface area contributed by atoms with E-state index in [9.17, 15) is 0 Å². The first-order chi connectivity index (χ1) is 15.8. The largest absolute Gasteiger partial charge is 0.357 e. The van der Waals surface area contributed by atoms with E-state index >= 15 is 0 Å². The zero-order valence-corrected chi connectivity index (χ0v) is 22.1. The predicted octanol–water partition coefficient (Wildman–Crippen LogP) is 3.14. The number of nitrogens with one attached hydrogen (secondary N) is 1. The number of benzene rings is 1. The normalized spacial score (nSPS) is 19.4. The minimum atomic E-state index is 0. The van der Waals surface area contributed by atoms with Gasteiger partial charge in [-0.2, -0.15) is 0 Å². The molecule has 2 saturated heterocycles. The summed E-state index contributed by atoms with van der Waals surface area (Å²) in [6.45, 7) is 11.4. The van der Waals surface area contributed by atoms with Crippen molar-refractivity contribution in [3.8, 4) is 0 Å². The van der Waals surface area contributed by atoms with Crippen molar-refractivity contribution < 1.29 is 0 Å². The highest BCUT2D eigenvalue weighted by Crippen LogP contribution is 2.21. The SMILES string of the molecule is CCNC(=NCCCN1CCN(c2ncccn2)CC1)N1CCC(Cc2ccccc2)C1.I. The molecule has 1 aromatic heterocycles. The molecule has 0 radical (unpaired) electrons. The van der Waals surface area contributed by atoms with Crippen molar-refractivity contribution in [2.24, 2.45) is 10.9 Å². The van der Waals surface area contributed by atoms with Gasteiger partial charge in [-0.25, -0.2) is 9.97 Å². The van der Waals surface area contributed by atoms with Gasteiger partial charge in [0.1, 0.15) is 0 Å². The molecule has 2 aromatic rings. The van der Waals surface area contributed by atoms with E-state index in [1.807, 2.05) is 18.5 Å². The second-order valence-corrected chi connectivity index (χ2v) is 8.76. The Bertz CT molecular complexity index is 825. The van der Waals surface area contributed by atoms with Gasteiger partial charge >= 0.3 is 0 Å². The van der Waals surface area contributed by atoms with Crippen LogP contribution in [0.15, 0.2) is 53.8 Å². The summed E-state index contributed by atoms with van der Waals surface area (Å²) in [5.74, 6) is 2.66. The highest BCUT2D eigenvalue weighted by molar-refractivity contribution is 14.0. The van der Waals surface area contributed by atoms with Gasteiger partial charge in [-0.05, 0) is 43.7 Å². The number of hydrogen-bond acceptors (Lipinski definition) is 5. The van der Waals surface area contributed by atoms with Crippen LogP contribution in [0.2, 0.25) is 0 Å². The zero-order valence-electron chi connectivity index (χ0n) is 19.8. The smallest absolute Gasteiger partial charge is 0.225 e. The number of guanidine groups is 1. The van der Waals surface area contributed by atoms with Crippen LogP contribution in [0, 0.1) is 5.92 Å². The van der Waals surface area contributed by atoms with Crippen LogP contribution >= 0.6 is 24.0 Å². The van der Waals surface area contributed by atoms with E-state index in [1.165, 1.54) is 12.0 Å². The van der Waals surface area contributed by atoms with Gasteiger partial charge < -0.3 is 15.1 Å². The Morgan fingerprint density at radius 2 is 1.79 bits per heavy atom. The molecule has 0 aliphatic carbocycles. The molecule has 2 aliphatic rings. The van der Waals surface area contributed by atoms with E-state index in [0.717, 1.165) is 83.7 Å². The van der Waals surface area contributed by atoms with Gasteiger partial charge in [0.2, 0.25) is 5.95 Å². The van der Waals surface area contributed by atoms with Crippen molar-refractivity contribution in [1.29, 1.82) is 0 Å². The Balaban J connectivity index is 0.00000306. The standard InChI is InChI=1S/C25H37N7.HI/c1-2-26-24(32-15-10-23(21-32)20-22-8-4-3-5-9-22)29-13-7-14-30-16-18-31(19-17-30)25-27-11-6-12-28-25;/h3-6,8-9,11-12,23H,2,7,10,13-21H2,1H3,(H,26,29);1H. The number of rotatable bonds is 8. The molecule has 4 rings (SSSR count). The van der Waals surface area contributed by atoms with Crippen LogP contribution in [0.4, 0.5) is 5.95 Å². The molecular weight excluding hydrogens is 525 g/mol. The summed E-state index contributed by atoms with van der Waals surface area (Å²) in [5.41, 5.74) is 1.44. The Labute approximate surface area is 215 Å². The zero-order chi connectivity index (χ0) is 22.0. The van der Waals surface area contributed by atoms with Crippen molar-refractivity contribution in [1.82, 2.24) is 25.1 Å². The number of piperazine rings is 1. The van der Waals surface area contributed by atoms with Crippen molar-refractivity contribution in [3.63, 3.8) is 0 Å². The van der Waals surface area contributed by atoms with Crippen LogP contribution < -0.4 is 10.2 Å². The summed E-state index contributed by atoms with van der Waals surface area (Å²) < 4.78 is 0. The van der Waals surface area contributed by atoms with Crippen molar-refractivity contribution in [2.75, 3.05) is 63.8 Å². The topological polar surface area (TPSA) is 59.9 Å². The van der Waals surface area contributed by atoms with E-state index in [0.29, 0.717) is 5.92 Å². The maximum Gasteiger partial charge on any atom is 0.225 e. The van der Waals surface area contributed by atoms with E-state index < -0.39 is 0 Å². The third-order valence-electron chi connectivity index (χ3n) is 6.39. The van der Waals surface area contributed by atoms with Crippen LogP contribution in [0.1, 0.15) is 25.3 Å². The molecule has 3 heterocycles. The summed E-state index contributed by atoms with van der Waals surface area (Å²) in [6, 6.07) is 12.7. The first-order valence-electron chi connectivity index (χ1n) is 12.1. The maximum atomic E-state index is 4.96. The molecule has 8 heteroatoms. The first kappa shape index (κ1) is 25.7. The van der Waals surface area contributed by atoms with E-state index in [-0.39, 0.29) is 24.0 Å². The van der Waals surface area contributed by atoms with Gasteiger partial charge in [0.15, 0.2) is 5.96 Å². The molecule has 0 saturated carbocycles. The number of likely N-dealkylation sites (tertiary alicyclic amines) is 1. The van der Waals surface area contributed by atoms with Gasteiger partial charge in [-0.15, -0.1) is 24.0 Å². The summed E-state index contributed by atoms with van der Waals surface area (Å²) in [7, 11) is 0. The molecule has 1 aromatic carbocycles. The molecule has 1 N–H and O–H groups in total. The third kappa shape index (κ3) is 7.81. The summed E-state index contributed by atoms with van der Waals surface area (Å²) >= 11 is 0. The molecule has 7 nitrogen and oxygen atoms in total. The van der Waals surface area contributed by atoms with Crippen LogP contribution in [0.3, 0.4) is 0 Å². The molecule has 0 spiro atoms. The Morgan fingerprint density at radius 3 is 2.52 bits per heavy atom. The number of aliphatic imine (C=N–C) groups is 1. The molecule has 1 unspecified atom stereocenters. The molecule has 2 aliphatic heterocycles. The lowest BCUT2D eigenvalue weighted by Crippen LogP contribution is -2.47.